The first-order valence-corrected chi connectivity index (χ1v) is 7.56. The largest absolute Gasteiger partial charge is 0.454 e. The lowest BCUT2D eigenvalue weighted by molar-refractivity contribution is 0.668. The van der Waals surface area contributed by atoms with Crippen LogP contribution in [0.5, 0.6) is 0 Å². The highest BCUT2D eigenvalue weighted by atomic mass is 79.9. The topological polar surface area (TPSA) is 26.0 Å². The van der Waals surface area contributed by atoms with Gasteiger partial charge in [-0.3, -0.25) is 0 Å². The number of nitrogens with zero attached hydrogens (tertiary/aromatic N) is 1. The van der Waals surface area contributed by atoms with Gasteiger partial charge in [-0.2, -0.15) is 0 Å². The third kappa shape index (κ3) is 2.05. The molecule has 0 unspecified atom stereocenters. The van der Waals surface area contributed by atoms with Crippen LogP contribution in [0.4, 0.5) is 0 Å². The molecule has 0 fully saturated rings. The van der Waals surface area contributed by atoms with E-state index in [9.17, 15) is 0 Å². The fourth-order valence-electron chi connectivity index (χ4n) is 2.68. The van der Waals surface area contributed by atoms with Crippen molar-refractivity contribution in [2.24, 2.45) is 0 Å². The van der Waals surface area contributed by atoms with E-state index in [4.69, 9.17) is 9.40 Å². The van der Waals surface area contributed by atoms with Crippen LogP contribution in [0.2, 0.25) is 0 Å². The summed E-state index contributed by atoms with van der Waals surface area (Å²) in [5, 5.41) is 2.25. The van der Waals surface area contributed by atoms with Crippen molar-refractivity contribution in [3.8, 4) is 11.3 Å². The third-order valence-electron chi connectivity index (χ3n) is 3.59. The van der Waals surface area contributed by atoms with E-state index in [1.54, 1.807) is 0 Å². The molecule has 0 radical (unpaired) electrons. The number of aromatic nitrogens is 1. The lowest BCUT2D eigenvalue weighted by Gasteiger charge is -2.04. The van der Waals surface area contributed by atoms with Gasteiger partial charge in [0.2, 0.25) is 0 Å². The SMILES string of the molecule is Cc1cc2c(oc3ccccc32)c(-c2cccc(Br)c2)n1. The maximum Gasteiger partial charge on any atom is 0.161 e. The number of benzene rings is 2. The van der Waals surface area contributed by atoms with Crippen molar-refractivity contribution in [1.82, 2.24) is 4.98 Å². The third-order valence-corrected chi connectivity index (χ3v) is 4.08. The lowest BCUT2D eigenvalue weighted by atomic mass is 10.1. The molecule has 0 saturated heterocycles. The second-order valence-electron chi connectivity index (χ2n) is 5.10. The number of hydrogen-bond acceptors (Lipinski definition) is 2. The van der Waals surface area contributed by atoms with Gasteiger partial charge in [0.05, 0.1) is 0 Å². The van der Waals surface area contributed by atoms with Crippen molar-refractivity contribution >= 4 is 37.9 Å². The minimum absolute atomic E-state index is 0.847. The van der Waals surface area contributed by atoms with E-state index in [0.717, 1.165) is 43.4 Å². The molecule has 0 bridgehead atoms. The zero-order valence-corrected chi connectivity index (χ0v) is 13.0. The molecule has 0 aliphatic rings. The number of para-hydroxylation sites is 1. The van der Waals surface area contributed by atoms with Gasteiger partial charge in [0.25, 0.3) is 0 Å². The van der Waals surface area contributed by atoms with Crippen LogP contribution in [0.3, 0.4) is 0 Å². The van der Waals surface area contributed by atoms with Crippen LogP contribution in [-0.2, 0) is 0 Å². The predicted octanol–water partition coefficient (Wildman–Crippen LogP) is 5.72. The lowest BCUT2D eigenvalue weighted by Crippen LogP contribution is -1.88. The smallest absolute Gasteiger partial charge is 0.161 e. The number of pyridine rings is 1. The van der Waals surface area contributed by atoms with Crippen molar-refractivity contribution in [2.75, 3.05) is 0 Å². The van der Waals surface area contributed by atoms with Crippen LogP contribution < -0.4 is 0 Å². The highest BCUT2D eigenvalue weighted by molar-refractivity contribution is 9.10. The molecule has 4 rings (SSSR count). The molecule has 0 N–H and O–H groups in total. The predicted molar refractivity (Wildman–Crippen MR) is 89.4 cm³/mol. The van der Waals surface area contributed by atoms with E-state index in [1.807, 2.05) is 37.3 Å². The Bertz CT molecular complexity index is 971. The maximum atomic E-state index is 6.06. The van der Waals surface area contributed by atoms with Crippen LogP contribution in [0.25, 0.3) is 33.2 Å². The standard InChI is InChI=1S/C18H12BrNO/c1-11-9-15-14-7-2-3-8-16(14)21-18(15)17(20-11)12-5-4-6-13(19)10-12/h2-10H,1H3. The summed E-state index contributed by atoms with van der Waals surface area (Å²) in [4.78, 5) is 4.69. The summed E-state index contributed by atoms with van der Waals surface area (Å²) in [6, 6.07) is 18.3. The van der Waals surface area contributed by atoms with Gasteiger partial charge in [0.15, 0.2) is 5.58 Å². The number of furan rings is 1. The van der Waals surface area contributed by atoms with Crippen LogP contribution in [0, 0.1) is 6.92 Å². The molecule has 2 nitrogen and oxygen atoms in total. The van der Waals surface area contributed by atoms with Crippen molar-refractivity contribution < 1.29 is 4.42 Å². The maximum absolute atomic E-state index is 6.06. The second-order valence-corrected chi connectivity index (χ2v) is 6.01. The first-order valence-electron chi connectivity index (χ1n) is 6.77. The summed E-state index contributed by atoms with van der Waals surface area (Å²) >= 11 is 3.52. The van der Waals surface area contributed by atoms with E-state index in [1.165, 1.54) is 0 Å². The van der Waals surface area contributed by atoms with E-state index < -0.39 is 0 Å². The molecular weight excluding hydrogens is 326 g/mol. The van der Waals surface area contributed by atoms with Crippen LogP contribution >= 0.6 is 15.9 Å². The Morgan fingerprint density at radius 2 is 1.81 bits per heavy atom. The molecule has 0 amide bonds. The molecular formula is C18H12BrNO. The van der Waals surface area contributed by atoms with Gasteiger partial charge in [-0.25, -0.2) is 4.98 Å². The van der Waals surface area contributed by atoms with E-state index in [0.29, 0.717) is 0 Å². The Hall–Kier alpha value is -2.13. The van der Waals surface area contributed by atoms with E-state index in [-0.39, 0.29) is 0 Å². The van der Waals surface area contributed by atoms with Crippen LogP contribution in [0.15, 0.2) is 63.5 Å². The normalized spacial score (nSPS) is 11.3. The van der Waals surface area contributed by atoms with Crippen LogP contribution in [-0.4, -0.2) is 4.98 Å². The Labute approximate surface area is 130 Å². The quantitative estimate of drug-likeness (QED) is 0.444. The molecule has 102 valence electrons. The molecule has 21 heavy (non-hydrogen) atoms. The van der Waals surface area contributed by atoms with Gasteiger partial charge in [-0.05, 0) is 31.2 Å². The monoisotopic (exact) mass is 337 g/mol. The first kappa shape index (κ1) is 12.6. The summed E-state index contributed by atoms with van der Waals surface area (Å²) in [5.41, 5.74) is 4.68. The molecule has 3 heteroatoms. The van der Waals surface area contributed by atoms with Gasteiger partial charge in [-0.1, -0.05) is 46.3 Å². The minimum atomic E-state index is 0.847. The summed E-state index contributed by atoms with van der Waals surface area (Å²) in [7, 11) is 0. The van der Waals surface area contributed by atoms with Gasteiger partial charge in [-0.15, -0.1) is 0 Å². The number of aryl methyl sites for hydroxylation is 1. The highest BCUT2D eigenvalue weighted by Gasteiger charge is 2.14. The highest BCUT2D eigenvalue weighted by Crippen LogP contribution is 2.35. The van der Waals surface area contributed by atoms with Crippen molar-refractivity contribution in [3.63, 3.8) is 0 Å². The van der Waals surface area contributed by atoms with E-state index in [2.05, 4.69) is 40.2 Å². The minimum Gasteiger partial charge on any atom is -0.454 e. The van der Waals surface area contributed by atoms with Crippen molar-refractivity contribution in [1.29, 1.82) is 0 Å². The van der Waals surface area contributed by atoms with Gasteiger partial charge in [0.1, 0.15) is 11.3 Å². The number of halogens is 1. The molecule has 2 aromatic carbocycles. The first-order chi connectivity index (χ1) is 10.2. The fourth-order valence-corrected chi connectivity index (χ4v) is 3.08. The van der Waals surface area contributed by atoms with Crippen LogP contribution in [0.1, 0.15) is 5.69 Å². The summed E-state index contributed by atoms with van der Waals surface area (Å²) in [5.74, 6) is 0. The molecule has 0 aliphatic heterocycles. The van der Waals surface area contributed by atoms with Gasteiger partial charge in [0, 0.05) is 26.5 Å². The molecule has 0 aliphatic carbocycles. The Kier molecular flexibility index (Phi) is 2.82. The van der Waals surface area contributed by atoms with Crippen molar-refractivity contribution in [2.45, 2.75) is 6.92 Å². The Morgan fingerprint density at radius 1 is 0.952 bits per heavy atom. The summed E-state index contributed by atoms with van der Waals surface area (Å²) < 4.78 is 7.09. The van der Waals surface area contributed by atoms with Crippen molar-refractivity contribution in [3.05, 3.63) is 64.8 Å². The summed E-state index contributed by atoms with van der Waals surface area (Å²) in [6.45, 7) is 2.02. The van der Waals surface area contributed by atoms with Gasteiger partial charge < -0.3 is 4.42 Å². The number of hydrogen-bond donors (Lipinski definition) is 0. The average Bonchev–Trinajstić information content (AvgIpc) is 2.85. The van der Waals surface area contributed by atoms with E-state index >= 15 is 0 Å². The zero-order chi connectivity index (χ0) is 14.4. The Morgan fingerprint density at radius 3 is 2.67 bits per heavy atom. The molecule has 0 saturated carbocycles. The second kappa shape index (κ2) is 4.71. The summed E-state index contributed by atoms with van der Waals surface area (Å²) in [6.07, 6.45) is 0. The number of fused-ring (bicyclic) bond motifs is 3. The molecule has 2 aromatic heterocycles. The molecule has 4 aromatic rings. The molecule has 2 heterocycles. The van der Waals surface area contributed by atoms with Gasteiger partial charge >= 0.3 is 0 Å². The Balaban J connectivity index is 2.13. The fraction of sp³-hybridized carbons (Fsp3) is 0.0556. The number of rotatable bonds is 1. The molecule has 0 spiro atoms. The molecule has 0 atom stereocenters. The zero-order valence-electron chi connectivity index (χ0n) is 11.4. The average molecular weight is 338 g/mol.